The topological polar surface area (TPSA) is 91.4 Å². The molecule has 0 radical (unpaired) electrons. The third kappa shape index (κ3) is 7.18. The Balaban J connectivity index is 1.75. The van der Waals surface area contributed by atoms with Crippen molar-refractivity contribution in [3.63, 3.8) is 0 Å². The summed E-state index contributed by atoms with van der Waals surface area (Å²) in [7, 11) is -5.87. The van der Waals surface area contributed by atoms with E-state index in [0.717, 1.165) is 16.7 Å². The van der Waals surface area contributed by atoms with Crippen molar-refractivity contribution in [3.8, 4) is 22.6 Å². The van der Waals surface area contributed by atoms with E-state index in [1.54, 1.807) is 25.3 Å². The van der Waals surface area contributed by atoms with Crippen molar-refractivity contribution in [2.45, 2.75) is 24.1 Å². The van der Waals surface area contributed by atoms with Crippen molar-refractivity contribution in [1.82, 2.24) is 4.31 Å². The first-order chi connectivity index (χ1) is 20.1. The van der Waals surface area contributed by atoms with Crippen LogP contribution in [-0.4, -0.2) is 26.9 Å². The van der Waals surface area contributed by atoms with E-state index in [1.807, 2.05) is 48.5 Å². The molecule has 0 spiro atoms. The quantitative estimate of drug-likeness (QED) is 0.138. The van der Waals surface area contributed by atoms with Crippen molar-refractivity contribution < 1.29 is 41.0 Å². The van der Waals surface area contributed by atoms with E-state index in [-0.39, 0.29) is 34.3 Å². The number of hydrogen-bond acceptors (Lipinski definition) is 7. The van der Waals surface area contributed by atoms with Crippen molar-refractivity contribution in [3.05, 3.63) is 113 Å². The molecule has 13 heteroatoms. The van der Waals surface area contributed by atoms with Crippen LogP contribution in [0.25, 0.3) is 11.1 Å². The SMILES string of the molecule is COc1ccc(-c2ccccc2CN(Cc2ccc(CP(=O)(OF)OF)c(Cl)c2)S(=O)(=O)c2ccccc2OC)cc1. The molecule has 0 N–H and O–H groups in total. The second-order valence-electron chi connectivity index (χ2n) is 9.14. The Labute approximate surface area is 247 Å². The smallest absolute Gasteiger partial charge is 0.399 e. The van der Waals surface area contributed by atoms with Crippen LogP contribution in [0.15, 0.2) is 95.9 Å². The third-order valence-corrected chi connectivity index (χ3v) is 9.83. The Morgan fingerprint density at radius 2 is 1.48 bits per heavy atom. The summed E-state index contributed by atoms with van der Waals surface area (Å²) in [5.41, 5.74) is 2.96. The molecule has 0 fully saturated rings. The zero-order valence-corrected chi connectivity index (χ0v) is 25.0. The van der Waals surface area contributed by atoms with Gasteiger partial charge in [0, 0.05) is 18.1 Å². The molecule has 0 aliphatic carbocycles. The molecule has 42 heavy (non-hydrogen) atoms. The van der Waals surface area contributed by atoms with E-state index < -0.39 is 23.8 Å². The molecule has 0 aliphatic rings. The first kappa shape index (κ1) is 31.6. The summed E-state index contributed by atoms with van der Waals surface area (Å²) in [4.78, 5) is -0.0294. The summed E-state index contributed by atoms with van der Waals surface area (Å²) in [6.45, 7) is -0.156. The number of methoxy groups -OCH3 is 2. The zero-order valence-electron chi connectivity index (χ0n) is 22.6. The molecule has 4 rings (SSSR count). The van der Waals surface area contributed by atoms with Crippen LogP contribution in [0.4, 0.5) is 9.05 Å². The zero-order chi connectivity index (χ0) is 30.3. The highest BCUT2D eigenvalue weighted by atomic mass is 35.5. The molecule has 0 aromatic heterocycles. The predicted molar refractivity (Wildman–Crippen MR) is 155 cm³/mol. The maximum absolute atomic E-state index is 14.1. The van der Waals surface area contributed by atoms with Crippen LogP contribution in [-0.2, 0) is 43.3 Å². The molecule has 4 aromatic carbocycles. The standard InChI is InChI=1S/C29H27ClF2NO7PS/c1-37-25-15-13-22(14-16-25)26-8-4-3-7-23(26)19-33(42(35,36)29-10-6-5-9-28(29)38-2)18-21-11-12-24(27(30)17-21)20-41(34,39-31)40-32/h3-17H,18-20H2,1-2H3. The minimum Gasteiger partial charge on any atom is -0.497 e. The Morgan fingerprint density at radius 3 is 2.12 bits per heavy atom. The Morgan fingerprint density at radius 1 is 0.810 bits per heavy atom. The number of nitrogens with zero attached hydrogens (tertiary/aromatic N) is 1. The van der Waals surface area contributed by atoms with Gasteiger partial charge in [-0.25, -0.2) is 8.42 Å². The molecule has 0 amide bonds. The van der Waals surface area contributed by atoms with E-state index in [2.05, 4.69) is 9.46 Å². The number of halogens is 3. The van der Waals surface area contributed by atoms with Gasteiger partial charge < -0.3 is 9.47 Å². The lowest BCUT2D eigenvalue weighted by Gasteiger charge is -2.25. The van der Waals surface area contributed by atoms with Gasteiger partial charge >= 0.3 is 7.60 Å². The number of benzene rings is 4. The highest BCUT2D eigenvalue weighted by Crippen LogP contribution is 2.53. The number of para-hydroxylation sites is 1. The van der Waals surface area contributed by atoms with Crippen LogP contribution in [0.2, 0.25) is 5.02 Å². The van der Waals surface area contributed by atoms with E-state index in [9.17, 15) is 22.0 Å². The minimum atomic E-state index is -4.68. The molecular formula is C29H27ClF2NO7PS. The van der Waals surface area contributed by atoms with Crippen LogP contribution >= 0.6 is 19.2 Å². The molecule has 0 aliphatic heterocycles. The van der Waals surface area contributed by atoms with E-state index >= 15 is 0 Å². The van der Waals surface area contributed by atoms with Crippen LogP contribution in [0.5, 0.6) is 11.5 Å². The molecule has 222 valence electrons. The van der Waals surface area contributed by atoms with Gasteiger partial charge in [-0.15, -0.1) is 9.46 Å². The maximum atomic E-state index is 14.1. The van der Waals surface area contributed by atoms with Gasteiger partial charge in [0.15, 0.2) is 0 Å². The Kier molecular flexibility index (Phi) is 10.4. The van der Waals surface area contributed by atoms with Gasteiger partial charge in [-0.05, 0) is 67.2 Å². The molecule has 0 unspecified atom stereocenters. The monoisotopic (exact) mass is 637 g/mol. The second-order valence-corrected chi connectivity index (χ2v) is 13.3. The van der Waals surface area contributed by atoms with Gasteiger partial charge in [-0.2, -0.15) is 4.31 Å². The van der Waals surface area contributed by atoms with Crippen molar-refractivity contribution in [2.75, 3.05) is 14.2 Å². The van der Waals surface area contributed by atoms with E-state index in [1.165, 1.54) is 35.7 Å². The highest BCUT2D eigenvalue weighted by molar-refractivity contribution is 7.89. The molecular weight excluding hydrogens is 611 g/mol. The van der Waals surface area contributed by atoms with Crippen LogP contribution in [0.3, 0.4) is 0 Å². The lowest BCUT2D eigenvalue weighted by molar-refractivity contribution is -0.0881. The van der Waals surface area contributed by atoms with Crippen LogP contribution < -0.4 is 9.47 Å². The third-order valence-electron chi connectivity index (χ3n) is 6.50. The van der Waals surface area contributed by atoms with Crippen molar-refractivity contribution in [2.24, 2.45) is 0 Å². The lowest BCUT2D eigenvalue weighted by atomic mass is 9.99. The summed E-state index contributed by atoms with van der Waals surface area (Å²) in [5.74, 6) is 0.858. The Bertz CT molecular complexity index is 1680. The summed E-state index contributed by atoms with van der Waals surface area (Å²) < 4.78 is 83.6. The molecule has 0 saturated carbocycles. The van der Waals surface area contributed by atoms with Gasteiger partial charge in [0.25, 0.3) is 0 Å². The number of rotatable bonds is 13. The largest absolute Gasteiger partial charge is 0.497 e. The van der Waals surface area contributed by atoms with Crippen molar-refractivity contribution in [1.29, 1.82) is 0 Å². The average molecular weight is 638 g/mol. The average Bonchev–Trinajstić information content (AvgIpc) is 3.02. The molecule has 0 atom stereocenters. The first-order valence-corrected chi connectivity index (χ1v) is 16.0. The van der Waals surface area contributed by atoms with Crippen LogP contribution in [0.1, 0.15) is 16.7 Å². The summed E-state index contributed by atoms with van der Waals surface area (Å²) in [5, 5.41) is -0.00454. The maximum Gasteiger partial charge on any atom is 0.399 e. The summed E-state index contributed by atoms with van der Waals surface area (Å²) >= 11 is 6.33. The summed E-state index contributed by atoms with van der Waals surface area (Å²) in [6, 6.07) is 25.4. The molecule has 0 heterocycles. The number of ether oxygens (including phenoxy) is 2. The normalized spacial score (nSPS) is 12.0. The molecule has 0 bridgehead atoms. The van der Waals surface area contributed by atoms with Gasteiger partial charge in [0.2, 0.25) is 10.0 Å². The molecule has 4 aromatic rings. The Hall–Kier alpha value is -3.31. The predicted octanol–water partition coefficient (Wildman–Crippen LogP) is 7.91. The van der Waals surface area contributed by atoms with Crippen LogP contribution in [0, 0.1) is 0 Å². The highest BCUT2D eigenvalue weighted by Gasteiger charge is 2.31. The fraction of sp³-hybridized carbons (Fsp3) is 0.172. The number of sulfonamides is 1. The summed E-state index contributed by atoms with van der Waals surface area (Å²) in [6.07, 6.45) is -0.766. The van der Waals surface area contributed by atoms with E-state index in [0.29, 0.717) is 11.3 Å². The van der Waals surface area contributed by atoms with Crippen molar-refractivity contribution >= 4 is 29.2 Å². The molecule has 8 nitrogen and oxygen atoms in total. The van der Waals surface area contributed by atoms with E-state index in [4.69, 9.17) is 21.1 Å². The number of hydrogen-bond donors (Lipinski definition) is 0. The van der Waals surface area contributed by atoms with Gasteiger partial charge in [0.1, 0.15) is 16.4 Å². The van der Waals surface area contributed by atoms with Gasteiger partial charge in [-0.3, -0.25) is 4.57 Å². The van der Waals surface area contributed by atoms with Gasteiger partial charge in [-0.1, -0.05) is 72.3 Å². The second kappa shape index (κ2) is 13.8. The fourth-order valence-electron chi connectivity index (χ4n) is 4.39. The minimum absolute atomic E-state index is 0.00454. The molecule has 0 saturated heterocycles. The lowest BCUT2D eigenvalue weighted by Crippen LogP contribution is -2.31. The first-order valence-electron chi connectivity index (χ1n) is 12.5. The fourth-order valence-corrected chi connectivity index (χ4v) is 7.12. The van der Waals surface area contributed by atoms with Gasteiger partial charge in [0.05, 0.1) is 20.4 Å².